The molecule has 0 aliphatic carbocycles. The first-order valence-electron chi connectivity index (χ1n) is 8.36. The van der Waals surface area contributed by atoms with Crippen LogP contribution in [0.15, 0.2) is 55.0 Å². The molecule has 0 spiro atoms. The Kier molecular flexibility index (Phi) is 6.00. The van der Waals surface area contributed by atoms with E-state index in [1.807, 2.05) is 0 Å². The Morgan fingerprint density at radius 2 is 1.55 bits per heavy atom. The number of amides is 2. The monoisotopic (exact) mass is 394 g/mol. The van der Waals surface area contributed by atoms with Gasteiger partial charge in [-0.2, -0.15) is 0 Å². The topological polar surface area (TPSA) is 156 Å². The van der Waals surface area contributed by atoms with Gasteiger partial charge in [0.15, 0.2) is 11.6 Å². The predicted octanol–water partition coefficient (Wildman–Crippen LogP) is 0.976. The largest absolute Gasteiger partial charge is 0.497 e. The van der Waals surface area contributed by atoms with E-state index in [-0.39, 0.29) is 23.0 Å². The third-order valence-electron chi connectivity index (χ3n) is 3.72. The summed E-state index contributed by atoms with van der Waals surface area (Å²) in [5, 5.41) is 0. The number of carbonyl (C=O) groups excluding carboxylic acids is 2. The van der Waals surface area contributed by atoms with Crippen molar-refractivity contribution in [2.75, 3.05) is 23.7 Å². The minimum atomic E-state index is -0.467. The molecule has 0 fully saturated rings. The maximum absolute atomic E-state index is 12.2. The van der Waals surface area contributed by atoms with Crippen LogP contribution in [0.5, 0.6) is 5.75 Å². The van der Waals surface area contributed by atoms with Gasteiger partial charge in [0.1, 0.15) is 23.5 Å². The molecule has 11 heteroatoms. The lowest BCUT2D eigenvalue weighted by atomic mass is 10.2. The van der Waals surface area contributed by atoms with Gasteiger partial charge in [-0.3, -0.25) is 36.3 Å². The van der Waals surface area contributed by atoms with Gasteiger partial charge in [0.25, 0.3) is 11.8 Å². The van der Waals surface area contributed by atoms with Gasteiger partial charge in [-0.1, -0.05) is 6.07 Å². The van der Waals surface area contributed by atoms with E-state index in [1.54, 1.807) is 49.6 Å². The number of rotatable bonds is 7. The summed E-state index contributed by atoms with van der Waals surface area (Å²) in [5.74, 6) is 0.0644. The van der Waals surface area contributed by atoms with Gasteiger partial charge in [0.2, 0.25) is 0 Å². The lowest BCUT2D eigenvalue weighted by Gasteiger charge is -2.13. The Labute approximate surface area is 165 Å². The van der Waals surface area contributed by atoms with Crippen LogP contribution in [0.3, 0.4) is 0 Å². The van der Waals surface area contributed by atoms with Gasteiger partial charge < -0.3 is 10.5 Å². The summed E-state index contributed by atoms with van der Waals surface area (Å²) in [6.45, 7) is 0. The van der Waals surface area contributed by atoms with Gasteiger partial charge in [-0.15, -0.1) is 0 Å². The molecule has 0 radical (unpaired) electrons. The van der Waals surface area contributed by atoms with Crippen molar-refractivity contribution in [3.63, 3.8) is 0 Å². The van der Waals surface area contributed by atoms with Crippen LogP contribution in [-0.4, -0.2) is 33.9 Å². The molecule has 0 atom stereocenters. The van der Waals surface area contributed by atoms with Crippen LogP contribution in [0.1, 0.15) is 20.8 Å². The molecular formula is C18H18N8O3. The number of hydrogen-bond acceptors (Lipinski definition) is 9. The Morgan fingerprint density at radius 1 is 0.897 bits per heavy atom. The Bertz CT molecular complexity index is 996. The van der Waals surface area contributed by atoms with Gasteiger partial charge in [0.05, 0.1) is 7.11 Å². The summed E-state index contributed by atoms with van der Waals surface area (Å²) < 4.78 is 5.05. The Morgan fingerprint density at radius 3 is 2.14 bits per heavy atom. The summed E-state index contributed by atoms with van der Waals surface area (Å²) in [6.07, 6.45) is 2.72. The zero-order chi connectivity index (χ0) is 20.6. The standard InChI is InChI=1S/C18H18N8O3/c1-29-12-7-5-11(6-8-12)17(27)25-23-15-14(19)16(22-10-21-15)24-26-18(28)13-4-2-3-9-20-13/h2-10H,19H2,1H3,(H,25,27)(H,26,28)(H2,21,22,23,24). The highest BCUT2D eigenvalue weighted by molar-refractivity contribution is 5.95. The smallest absolute Gasteiger partial charge is 0.288 e. The highest BCUT2D eigenvalue weighted by Crippen LogP contribution is 2.21. The first-order chi connectivity index (χ1) is 14.1. The van der Waals surface area contributed by atoms with Crippen molar-refractivity contribution in [3.8, 4) is 5.75 Å². The molecule has 11 nitrogen and oxygen atoms in total. The Hall–Kier alpha value is -4.41. The second-order valence-electron chi connectivity index (χ2n) is 5.59. The van der Waals surface area contributed by atoms with E-state index in [9.17, 15) is 9.59 Å². The van der Waals surface area contributed by atoms with Crippen LogP contribution in [0, 0.1) is 0 Å². The van der Waals surface area contributed by atoms with E-state index in [0.29, 0.717) is 11.3 Å². The third-order valence-corrected chi connectivity index (χ3v) is 3.72. The van der Waals surface area contributed by atoms with Crippen molar-refractivity contribution < 1.29 is 14.3 Å². The normalized spacial score (nSPS) is 9.97. The molecular weight excluding hydrogens is 376 g/mol. The van der Waals surface area contributed by atoms with Crippen molar-refractivity contribution >= 4 is 29.1 Å². The molecule has 1 aromatic carbocycles. The number of aromatic nitrogens is 3. The lowest BCUT2D eigenvalue weighted by Crippen LogP contribution is -2.32. The maximum Gasteiger partial charge on any atom is 0.288 e. The molecule has 0 aliphatic rings. The number of ether oxygens (including phenoxy) is 1. The SMILES string of the molecule is COc1ccc(C(=O)NNc2ncnc(NNC(=O)c3ccccn3)c2N)cc1. The highest BCUT2D eigenvalue weighted by atomic mass is 16.5. The Balaban J connectivity index is 1.60. The molecule has 0 bridgehead atoms. The van der Waals surface area contributed by atoms with Gasteiger partial charge in [-0.25, -0.2) is 9.97 Å². The molecule has 0 saturated heterocycles. The highest BCUT2D eigenvalue weighted by Gasteiger charge is 2.12. The first kappa shape index (κ1) is 19.4. The molecule has 2 heterocycles. The van der Waals surface area contributed by atoms with Crippen LogP contribution >= 0.6 is 0 Å². The summed E-state index contributed by atoms with van der Waals surface area (Å²) in [4.78, 5) is 36.1. The van der Waals surface area contributed by atoms with Crippen molar-refractivity contribution in [2.45, 2.75) is 0 Å². The van der Waals surface area contributed by atoms with Crippen LogP contribution in [0.25, 0.3) is 0 Å². The number of benzene rings is 1. The van der Waals surface area contributed by atoms with E-state index >= 15 is 0 Å². The number of nitrogens with two attached hydrogens (primary N) is 1. The molecule has 2 amide bonds. The number of carbonyl (C=O) groups is 2. The van der Waals surface area contributed by atoms with Crippen molar-refractivity contribution in [1.82, 2.24) is 25.8 Å². The third kappa shape index (κ3) is 4.86. The van der Waals surface area contributed by atoms with E-state index in [2.05, 4.69) is 36.7 Å². The number of nitrogen functional groups attached to an aromatic ring is 1. The summed E-state index contributed by atoms with van der Waals surface area (Å²) in [7, 11) is 1.54. The summed E-state index contributed by atoms with van der Waals surface area (Å²) in [5.41, 5.74) is 16.9. The molecule has 6 N–H and O–H groups in total. The van der Waals surface area contributed by atoms with Crippen molar-refractivity contribution in [1.29, 1.82) is 0 Å². The molecule has 29 heavy (non-hydrogen) atoms. The minimum absolute atomic E-state index is 0.0869. The van der Waals surface area contributed by atoms with Crippen molar-refractivity contribution in [3.05, 3.63) is 66.2 Å². The van der Waals surface area contributed by atoms with Crippen LogP contribution in [0.2, 0.25) is 0 Å². The van der Waals surface area contributed by atoms with Crippen LogP contribution < -0.4 is 32.2 Å². The van der Waals surface area contributed by atoms with Gasteiger partial charge in [-0.05, 0) is 36.4 Å². The lowest BCUT2D eigenvalue weighted by molar-refractivity contribution is 0.0952. The van der Waals surface area contributed by atoms with Crippen LogP contribution in [-0.2, 0) is 0 Å². The van der Waals surface area contributed by atoms with Gasteiger partial charge in [0, 0.05) is 11.8 Å². The predicted molar refractivity (Wildman–Crippen MR) is 106 cm³/mol. The zero-order valence-corrected chi connectivity index (χ0v) is 15.3. The number of pyridine rings is 1. The van der Waals surface area contributed by atoms with Crippen LogP contribution in [0.4, 0.5) is 17.3 Å². The molecule has 3 rings (SSSR count). The summed E-state index contributed by atoms with van der Waals surface area (Å²) >= 11 is 0. The number of hydrazine groups is 2. The molecule has 3 aromatic rings. The zero-order valence-electron chi connectivity index (χ0n) is 15.3. The number of methoxy groups -OCH3 is 1. The quantitative estimate of drug-likeness (QED) is 0.368. The van der Waals surface area contributed by atoms with E-state index in [4.69, 9.17) is 10.5 Å². The number of nitrogens with zero attached hydrogens (tertiary/aromatic N) is 3. The molecule has 148 valence electrons. The fourth-order valence-electron chi connectivity index (χ4n) is 2.20. The fraction of sp³-hybridized carbons (Fsp3) is 0.0556. The molecule has 0 saturated carbocycles. The fourth-order valence-corrected chi connectivity index (χ4v) is 2.20. The van der Waals surface area contributed by atoms with E-state index in [1.165, 1.54) is 12.5 Å². The number of nitrogens with one attached hydrogen (secondary N) is 4. The van der Waals surface area contributed by atoms with E-state index in [0.717, 1.165) is 0 Å². The van der Waals surface area contributed by atoms with E-state index < -0.39 is 11.8 Å². The second-order valence-corrected chi connectivity index (χ2v) is 5.59. The minimum Gasteiger partial charge on any atom is -0.497 e. The average Bonchev–Trinajstić information content (AvgIpc) is 2.77. The van der Waals surface area contributed by atoms with Gasteiger partial charge >= 0.3 is 0 Å². The molecule has 0 aliphatic heterocycles. The molecule has 2 aromatic heterocycles. The van der Waals surface area contributed by atoms with Crippen molar-refractivity contribution in [2.24, 2.45) is 0 Å². The first-order valence-corrected chi connectivity index (χ1v) is 8.36. The molecule has 0 unspecified atom stereocenters. The number of hydrogen-bond donors (Lipinski definition) is 5. The summed E-state index contributed by atoms with van der Waals surface area (Å²) in [6, 6.07) is 11.5. The number of anilines is 3. The average molecular weight is 394 g/mol. The second kappa shape index (κ2) is 8.99. The maximum atomic E-state index is 12.2.